The molecule has 1 aromatic carbocycles. The molecule has 0 aromatic heterocycles. The molecule has 0 fully saturated rings. The molecule has 1 N–H and O–H groups in total. The molecular weight excluding hydrogens is 228 g/mol. The van der Waals surface area contributed by atoms with Crippen LogP contribution in [0.15, 0.2) is 33.8 Å². The van der Waals surface area contributed by atoms with Crippen LogP contribution in [0, 0.1) is 0 Å². The molecule has 1 atom stereocenters. The van der Waals surface area contributed by atoms with Crippen LogP contribution in [0.1, 0.15) is 12.5 Å². The number of nitrogens with one attached hydrogen (secondary N) is 1. The minimum atomic E-state index is 0.0454. The van der Waals surface area contributed by atoms with Gasteiger partial charge in [0.2, 0.25) is 0 Å². The van der Waals surface area contributed by atoms with E-state index in [9.17, 15) is 0 Å². The third-order valence-corrected chi connectivity index (χ3v) is 2.86. The zero-order valence-corrected chi connectivity index (χ0v) is 9.01. The lowest BCUT2D eigenvalue weighted by Crippen LogP contribution is -2.28. The van der Waals surface area contributed by atoms with Gasteiger partial charge in [-0.1, -0.05) is 28.1 Å². The highest BCUT2D eigenvalue weighted by Crippen LogP contribution is 2.25. The number of benzene rings is 1. The summed E-state index contributed by atoms with van der Waals surface area (Å²) in [6.07, 6.45) is 1.97. The van der Waals surface area contributed by atoms with Gasteiger partial charge in [-0.2, -0.15) is 5.10 Å². The minimum Gasteiger partial charge on any atom is -0.309 e. The van der Waals surface area contributed by atoms with Gasteiger partial charge in [-0.3, -0.25) is 0 Å². The maximum Gasteiger partial charge on any atom is 0.0484 e. The van der Waals surface area contributed by atoms with E-state index in [1.54, 1.807) is 0 Å². The molecule has 3 heteroatoms. The fourth-order valence-corrected chi connectivity index (χ4v) is 1.86. The van der Waals surface area contributed by atoms with Crippen LogP contribution in [0.4, 0.5) is 0 Å². The van der Waals surface area contributed by atoms with Crippen molar-refractivity contribution in [1.29, 1.82) is 0 Å². The van der Waals surface area contributed by atoms with Crippen molar-refractivity contribution in [1.82, 2.24) is 5.43 Å². The van der Waals surface area contributed by atoms with E-state index in [2.05, 4.69) is 51.6 Å². The van der Waals surface area contributed by atoms with Gasteiger partial charge in [0.15, 0.2) is 0 Å². The molecule has 1 aliphatic heterocycles. The van der Waals surface area contributed by atoms with Crippen molar-refractivity contribution in [3.8, 4) is 0 Å². The Balaban J connectivity index is 2.39. The number of rotatable bonds is 1. The third kappa shape index (κ3) is 1.61. The van der Waals surface area contributed by atoms with E-state index in [1.165, 1.54) is 5.56 Å². The van der Waals surface area contributed by atoms with Crippen LogP contribution in [-0.2, 0) is 5.41 Å². The van der Waals surface area contributed by atoms with Gasteiger partial charge in [0.25, 0.3) is 0 Å². The topological polar surface area (TPSA) is 24.4 Å². The van der Waals surface area contributed by atoms with Gasteiger partial charge in [-0.15, -0.1) is 0 Å². The first-order valence-corrected chi connectivity index (χ1v) is 5.03. The first-order valence-electron chi connectivity index (χ1n) is 4.24. The second-order valence-electron chi connectivity index (χ2n) is 3.52. The summed E-state index contributed by atoms with van der Waals surface area (Å²) in [6, 6.07) is 8.35. The lowest BCUT2D eigenvalue weighted by atomic mass is 9.85. The average Bonchev–Trinajstić information content (AvgIpc) is 2.54. The number of halogens is 1. The highest BCUT2D eigenvalue weighted by atomic mass is 79.9. The Bertz CT molecular complexity index is 349. The van der Waals surface area contributed by atoms with Crippen molar-refractivity contribution in [3.05, 3.63) is 34.3 Å². The molecular formula is C10H11BrN2. The van der Waals surface area contributed by atoms with Crippen LogP contribution in [0.25, 0.3) is 0 Å². The Labute approximate surface area is 86.2 Å². The summed E-state index contributed by atoms with van der Waals surface area (Å²) in [5.74, 6) is 0. The van der Waals surface area contributed by atoms with Crippen molar-refractivity contribution >= 4 is 22.1 Å². The third-order valence-electron chi connectivity index (χ3n) is 2.37. The van der Waals surface area contributed by atoms with Crippen molar-refractivity contribution in [3.63, 3.8) is 0 Å². The predicted molar refractivity (Wildman–Crippen MR) is 58.0 cm³/mol. The SMILES string of the molecule is C[C@]1(c2cccc(Br)c2)C=NNC1. The van der Waals surface area contributed by atoms with Crippen LogP contribution in [-0.4, -0.2) is 12.8 Å². The smallest absolute Gasteiger partial charge is 0.0484 e. The standard InChI is InChI=1S/C10H11BrN2/c1-10(6-12-13-7-10)8-3-2-4-9(11)5-8/h2-6,13H,7H2,1H3/t10-/m0/s1. The molecule has 1 heterocycles. The van der Waals surface area contributed by atoms with Crippen LogP contribution in [0.2, 0.25) is 0 Å². The predicted octanol–water partition coefficient (Wildman–Crippen LogP) is 2.30. The summed E-state index contributed by atoms with van der Waals surface area (Å²) < 4.78 is 1.12. The Morgan fingerprint density at radius 1 is 1.54 bits per heavy atom. The largest absolute Gasteiger partial charge is 0.309 e. The van der Waals surface area contributed by atoms with Gasteiger partial charge in [-0.25, -0.2) is 0 Å². The Morgan fingerprint density at radius 3 is 3.00 bits per heavy atom. The fraction of sp³-hybridized carbons (Fsp3) is 0.300. The number of nitrogens with zero attached hydrogens (tertiary/aromatic N) is 1. The van der Waals surface area contributed by atoms with Gasteiger partial charge in [-0.05, 0) is 24.6 Å². The number of hydrazone groups is 1. The molecule has 0 saturated heterocycles. The van der Waals surface area contributed by atoms with Crippen LogP contribution < -0.4 is 5.43 Å². The molecule has 0 radical (unpaired) electrons. The number of hydrogen-bond acceptors (Lipinski definition) is 2. The zero-order chi connectivity index (χ0) is 9.31. The summed E-state index contributed by atoms with van der Waals surface area (Å²) >= 11 is 3.47. The lowest BCUT2D eigenvalue weighted by Gasteiger charge is -2.19. The van der Waals surface area contributed by atoms with Crippen molar-refractivity contribution in [2.75, 3.05) is 6.54 Å². The maximum absolute atomic E-state index is 4.05. The highest BCUT2D eigenvalue weighted by Gasteiger charge is 2.27. The van der Waals surface area contributed by atoms with E-state index in [0.29, 0.717) is 0 Å². The normalized spacial score (nSPS) is 26.0. The monoisotopic (exact) mass is 238 g/mol. The van der Waals surface area contributed by atoms with E-state index in [1.807, 2.05) is 12.3 Å². The molecule has 0 spiro atoms. The molecule has 68 valence electrons. The summed E-state index contributed by atoms with van der Waals surface area (Å²) in [6.45, 7) is 3.06. The summed E-state index contributed by atoms with van der Waals surface area (Å²) in [5.41, 5.74) is 4.32. The van der Waals surface area contributed by atoms with E-state index in [-0.39, 0.29) is 5.41 Å². The first kappa shape index (κ1) is 8.75. The molecule has 0 bridgehead atoms. The van der Waals surface area contributed by atoms with Crippen LogP contribution in [0.5, 0.6) is 0 Å². The fourth-order valence-electron chi connectivity index (χ4n) is 1.46. The van der Waals surface area contributed by atoms with E-state index >= 15 is 0 Å². The molecule has 0 unspecified atom stereocenters. The number of hydrogen-bond donors (Lipinski definition) is 1. The van der Waals surface area contributed by atoms with Crippen molar-refractivity contribution in [2.24, 2.45) is 5.10 Å². The Morgan fingerprint density at radius 2 is 2.38 bits per heavy atom. The molecule has 2 nitrogen and oxygen atoms in total. The molecule has 0 aliphatic carbocycles. The van der Waals surface area contributed by atoms with Crippen LogP contribution >= 0.6 is 15.9 Å². The van der Waals surface area contributed by atoms with Crippen molar-refractivity contribution < 1.29 is 0 Å². The summed E-state index contributed by atoms with van der Waals surface area (Å²) in [4.78, 5) is 0. The van der Waals surface area contributed by atoms with E-state index < -0.39 is 0 Å². The molecule has 13 heavy (non-hydrogen) atoms. The van der Waals surface area contributed by atoms with Gasteiger partial charge >= 0.3 is 0 Å². The van der Waals surface area contributed by atoms with Crippen molar-refractivity contribution in [2.45, 2.75) is 12.3 Å². The lowest BCUT2D eigenvalue weighted by molar-refractivity contribution is 0.622. The molecule has 1 aromatic rings. The van der Waals surface area contributed by atoms with Gasteiger partial charge in [0.1, 0.15) is 0 Å². The van der Waals surface area contributed by atoms with Gasteiger partial charge in [0, 0.05) is 22.6 Å². The molecule has 2 rings (SSSR count). The maximum atomic E-state index is 4.05. The zero-order valence-electron chi connectivity index (χ0n) is 7.42. The second kappa shape index (κ2) is 3.14. The molecule has 1 aliphatic rings. The van der Waals surface area contributed by atoms with E-state index in [4.69, 9.17) is 0 Å². The van der Waals surface area contributed by atoms with E-state index in [0.717, 1.165) is 11.0 Å². The summed E-state index contributed by atoms with van der Waals surface area (Å²) in [5, 5.41) is 4.05. The molecule has 0 saturated carbocycles. The Hall–Kier alpha value is -0.830. The molecule has 0 amide bonds. The first-order chi connectivity index (χ1) is 6.21. The van der Waals surface area contributed by atoms with Crippen LogP contribution in [0.3, 0.4) is 0 Å². The minimum absolute atomic E-state index is 0.0454. The summed E-state index contributed by atoms with van der Waals surface area (Å²) in [7, 11) is 0. The highest BCUT2D eigenvalue weighted by molar-refractivity contribution is 9.10. The average molecular weight is 239 g/mol. The second-order valence-corrected chi connectivity index (χ2v) is 4.44. The Kier molecular flexibility index (Phi) is 2.12. The van der Waals surface area contributed by atoms with Gasteiger partial charge in [0.05, 0.1) is 0 Å². The van der Waals surface area contributed by atoms with Gasteiger partial charge < -0.3 is 5.43 Å². The quantitative estimate of drug-likeness (QED) is 0.798.